The summed E-state index contributed by atoms with van der Waals surface area (Å²) in [5.41, 5.74) is 4.59. The molecule has 0 aliphatic carbocycles. The first-order valence-electron chi connectivity index (χ1n) is 16.1. The average molecular weight is 632 g/mol. The van der Waals surface area contributed by atoms with Crippen LogP contribution in [-0.2, 0) is 25.6 Å². The molecule has 3 heterocycles. The standard InChI is InChI=1S/C34H45N7O5/c1-5-26-11-10-25-9-8-24(21-28(25)37-26)12-13-34(14-18-40(19-15-34)20-16-35)33(46)38-29(22(2)3)30(42)36-23(4)31(43)41-17-6-7-27(39-41)32(44)45/h8-13,21-23,27,29,39H,5-7,14-15,17-20H2,1-4H3,(H,36,42)(H,38,46)(H,44,45)/b13-12+. The van der Waals surface area contributed by atoms with Gasteiger partial charge in [-0.25, -0.2) is 5.43 Å². The van der Waals surface area contributed by atoms with Crippen LogP contribution in [0.1, 0.15) is 64.6 Å². The average Bonchev–Trinajstić information content (AvgIpc) is 3.05. The maximum atomic E-state index is 14.1. The fourth-order valence-corrected chi connectivity index (χ4v) is 5.95. The van der Waals surface area contributed by atoms with E-state index in [1.165, 1.54) is 5.01 Å². The number of carbonyl (C=O) groups is 4. The number of amides is 3. The largest absolute Gasteiger partial charge is 0.480 e. The van der Waals surface area contributed by atoms with Crippen LogP contribution in [0.4, 0.5) is 0 Å². The number of carboxylic acids is 1. The molecule has 12 heteroatoms. The summed E-state index contributed by atoms with van der Waals surface area (Å²) in [5.74, 6) is -2.56. The number of pyridine rings is 1. The fraction of sp³-hybridized carbons (Fsp3) is 0.529. The van der Waals surface area contributed by atoms with Crippen LogP contribution in [0.5, 0.6) is 0 Å². The monoisotopic (exact) mass is 631 g/mol. The molecule has 4 N–H and O–H groups in total. The van der Waals surface area contributed by atoms with Gasteiger partial charge in [0, 0.05) is 30.7 Å². The lowest BCUT2D eigenvalue weighted by atomic mass is 9.76. The van der Waals surface area contributed by atoms with Crippen molar-refractivity contribution in [3.05, 3.63) is 47.7 Å². The van der Waals surface area contributed by atoms with Gasteiger partial charge in [-0.15, -0.1) is 0 Å². The van der Waals surface area contributed by atoms with Crippen LogP contribution in [0.3, 0.4) is 0 Å². The second-order valence-corrected chi connectivity index (χ2v) is 12.6. The zero-order chi connectivity index (χ0) is 33.4. The van der Waals surface area contributed by atoms with Crippen molar-refractivity contribution in [3.8, 4) is 6.07 Å². The van der Waals surface area contributed by atoms with Crippen molar-refractivity contribution < 1.29 is 24.3 Å². The molecule has 4 rings (SSSR count). The predicted octanol–water partition coefficient (Wildman–Crippen LogP) is 2.64. The van der Waals surface area contributed by atoms with Crippen LogP contribution in [0, 0.1) is 22.7 Å². The number of rotatable bonds is 11. The summed E-state index contributed by atoms with van der Waals surface area (Å²) in [6.07, 6.45) is 6.54. The molecule has 2 aromatic rings. The predicted molar refractivity (Wildman–Crippen MR) is 174 cm³/mol. The number of aryl methyl sites for hydroxylation is 1. The maximum absolute atomic E-state index is 14.1. The van der Waals surface area contributed by atoms with Gasteiger partial charge in [0.05, 0.1) is 23.5 Å². The molecule has 2 aliphatic heterocycles. The highest BCUT2D eigenvalue weighted by Crippen LogP contribution is 2.35. The van der Waals surface area contributed by atoms with Crippen LogP contribution in [0.15, 0.2) is 36.4 Å². The summed E-state index contributed by atoms with van der Waals surface area (Å²) in [4.78, 5) is 58.8. The molecule has 1 aromatic heterocycles. The summed E-state index contributed by atoms with van der Waals surface area (Å²) >= 11 is 0. The Morgan fingerprint density at radius 2 is 1.85 bits per heavy atom. The van der Waals surface area contributed by atoms with E-state index in [2.05, 4.69) is 35.1 Å². The van der Waals surface area contributed by atoms with E-state index in [9.17, 15) is 29.5 Å². The first-order chi connectivity index (χ1) is 22.0. The van der Waals surface area contributed by atoms with Crippen LogP contribution in [0.2, 0.25) is 0 Å². The highest BCUT2D eigenvalue weighted by molar-refractivity contribution is 5.94. The molecule has 0 radical (unpaired) electrons. The van der Waals surface area contributed by atoms with Gasteiger partial charge in [-0.1, -0.05) is 51.1 Å². The molecule has 1 aromatic carbocycles. The Morgan fingerprint density at radius 3 is 2.50 bits per heavy atom. The van der Waals surface area contributed by atoms with Crippen molar-refractivity contribution >= 4 is 40.7 Å². The molecule has 0 saturated carbocycles. The number of fused-ring (bicyclic) bond motifs is 1. The van der Waals surface area contributed by atoms with Gasteiger partial charge >= 0.3 is 5.97 Å². The minimum Gasteiger partial charge on any atom is -0.480 e. The van der Waals surface area contributed by atoms with Gasteiger partial charge in [0.2, 0.25) is 11.8 Å². The molecule has 246 valence electrons. The lowest BCUT2D eigenvalue weighted by molar-refractivity contribution is -0.148. The van der Waals surface area contributed by atoms with E-state index < -0.39 is 41.3 Å². The number of nitrogens with zero attached hydrogens (tertiary/aromatic N) is 4. The molecule has 0 spiro atoms. The second-order valence-electron chi connectivity index (χ2n) is 12.6. The number of hydrogen-bond acceptors (Lipinski definition) is 8. The number of likely N-dealkylation sites (tertiary alicyclic amines) is 1. The Balaban J connectivity index is 1.51. The van der Waals surface area contributed by atoms with Gasteiger partial charge in [0.25, 0.3) is 5.91 Å². The van der Waals surface area contributed by atoms with Crippen LogP contribution < -0.4 is 16.1 Å². The van der Waals surface area contributed by atoms with E-state index in [0.717, 1.165) is 28.6 Å². The second kappa shape index (κ2) is 15.3. The maximum Gasteiger partial charge on any atom is 0.322 e. The molecule has 2 aliphatic rings. The van der Waals surface area contributed by atoms with Gasteiger partial charge < -0.3 is 15.7 Å². The number of benzene rings is 1. The number of carbonyl (C=O) groups excluding carboxylic acids is 3. The summed E-state index contributed by atoms with van der Waals surface area (Å²) in [5, 5.41) is 26.5. The van der Waals surface area contributed by atoms with E-state index in [1.807, 2.05) is 55.2 Å². The summed E-state index contributed by atoms with van der Waals surface area (Å²) in [6, 6.07) is 9.52. The zero-order valence-electron chi connectivity index (χ0n) is 27.1. The Bertz CT molecular complexity index is 1510. The van der Waals surface area contributed by atoms with E-state index >= 15 is 0 Å². The molecule has 12 nitrogen and oxygen atoms in total. The fourth-order valence-electron chi connectivity index (χ4n) is 5.95. The molecule has 3 amide bonds. The third kappa shape index (κ3) is 8.27. The highest BCUT2D eigenvalue weighted by Gasteiger charge is 2.41. The Hall–Kier alpha value is -4.34. The number of aliphatic carboxylic acids is 1. The van der Waals surface area contributed by atoms with Crippen LogP contribution in [-0.4, -0.2) is 88.0 Å². The van der Waals surface area contributed by atoms with Crippen molar-refractivity contribution in [2.75, 3.05) is 26.2 Å². The van der Waals surface area contributed by atoms with E-state index in [-0.39, 0.29) is 18.4 Å². The van der Waals surface area contributed by atoms with Crippen molar-refractivity contribution in [1.29, 1.82) is 5.26 Å². The SMILES string of the molecule is CCc1ccc2ccc(/C=C/C3(C(=O)NC(C(=O)NC(C)C(=O)N4CCCC(C(=O)O)N4)C(C)C)CCN(CC#N)CC3)cc2n1. The molecular weight excluding hydrogens is 586 g/mol. The molecule has 0 bridgehead atoms. The number of hydrogen-bond donors (Lipinski definition) is 4. The molecule has 3 unspecified atom stereocenters. The number of aromatic nitrogens is 1. The first kappa shape index (κ1) is 34.5. The quantitative estimate of drug-likeness (QED) is 0.273. The molecule has 2 saturated heterocycles. The van der Waals surface area contributed by atoms with Crippen molar-refractivity contribution in [3.63, 3.8) is 0 Å². The minimum absolute atomic E-state index is 0.277. The Morgan fingerprint density at radius 1 is 1.13 bits per heavy atom. The molecule has 2 fully saturated rings. The minimum atomic E-state index is -1.04. The lowest BCUT2D eigenvalue weighted by Crippen LogP contribution is -2.61. The summed E-state index contributed by atoms with van der Waals surface area (Å²) in [6.45, 7) is 8.96. The third-order valence-corrected chi connectivity index (χ3v) is 8.94. The normalized spacial score (nSPS) is 19.8. The van der Waals surface area contributed by atoms with Gasteiger partial charge in [0.15, 0.2) is 0 Å². The van der Waals surface area contributed by atoms with Gasteiger partial charge in [-0.3, -0.25) is 34.1 Å². The topological polar surface area (TPSA) is 168 Å². The summed E-state index contributed by atoms with van der Waals surface area (Å²) < 4.78 is 0. The van der Waals surface area contributed by atoms with Crippen LogP contribution >= 0.6 is 0 Å². The smallest absolute Gasteiger partial charge is 0.322 e. The van der Waals surface area contributed by atoms with Crippen LogP contribution in [0.25, 0.3) is 17.0 Å². The number of carboxylic acid groups (broad SMARTS) is 1. The zero-order valence-corrected chi connectivity index (χ0v) is 27.1. The number of nitrogens with one attached hydrogen (secondary N) is 3. The van der Waals surface area contributed by atoms with Gasteiger partial charge in [-0.05, 0) is 62.6 Å². The van der Waals surface area contributed by atoms with Crippen molar-refractivity contribution in [1.82, 2.24) is 31.0 Å². The van der Waals surface area contributed by atoms with Gasteiger partial charge in [-0.2, -0.15) is 5.26 Å². The van der Waals surface area contributed by atoms with E-state index in [1.54, 1.807) is 6.92 Å². The first-order valence-corrected chi connectivity index (χ1v) is 16.1. The lowest BCUT2D eigenvalue weighted by Gasteiger charge is -2.39. The van der Waals surface area contributed by atoms with Gasteiger partial charge in [0.1, 0.15) is 18.1 Å². The molecule has 46 heavy (non-hydrogen) atoms. The summed E-state index contributed by atoms with van der Waals surface area (Å²) in [7, 11) is 0. The Kier molecular flexibility index (Phi) is 11.5. The number of hydrazine groups is 1. The molecule has 3 atom stereocenters. The molecular formula is C34H45N7O5. The van der Waals surface area contributed by atoms with Crippen molar-refractivity contribution in [2.45, 2.75) is 77.9 Å². The van der Waals surface area contributed by atoms with Crippen molar-refractivity contribution in [2.24, 2.45) is 11.3 Å². The number of piperidine rings is 1. The number of nitriles is 1. The third-order valence-electron chi connectivity index (χ3n) is 8.94. The highest BCUT2D eigenvalue weighted by atomic mass is 16.4. The Labute approximate surface area is 270 Å². The van der Waals surface area contributed by atoms with E-state index in [0.29, 0.717) is 45.3 Å². The van der Waals surface area contributed by atoms with E-state index in [4.69, 9.17) is 4.98 Å².